The molecule has 3 aromatic rings. The van der Waals surface area contributed by atoms with Gasteiger partial charge in [0.15, 0.2) is 23.0 Å². The third-order valence-electron chi connectivity index (χ3n) is 5.73. The molecular formula is C25H24ClNO6. The van der Waals surface area contributed by atoms with Crippen LogP contribution < -0.4 is 9.47 Å². The van der Waals surface area contributed by atoms with Gasteiger partial charge in [0, 0.05) is 17.0 Å². The van der Waals surface area contributed by atoms with E-state index in [1.165, 1.54) is 19.1 Å². The van der Waals surface area contributed by atoms with E-state index in [1.807, 2.05) is 6.92 Å². The summed E-state index contributed by atoms with van der Waals surface area (Å²) in [6, 6.07) is 10.9. The molecule has 0 saturated carbocycles. The van der Waals surface area contributed by atoms with Crippen molar-refractivity contribution in [2.75, 3.05) is 20.8 Å². The predicted octanol–water partition coefficient (Wildman–Crippen LogP) is 5.48. The number of unbranched alkanes of at least 4 members (excludes halogenated alkanes) is 1. The molecule has 0 spiro atoms. The van der Waals surface area contributed by atoms with Crippen LogP contribution in [-0.4, -0.2) is 42.5 Å². The Morgan fingerprint density at radius 1 is 1.12 bits per heavy atom. The van der Waals surface area contributed by atoms with Gasteiger partial charge in [0.05, 0.1) is 25.8 Å². The van der Waals surface area contributed by atoms with Gasteiger partial charge < -0.3 is 23.9 Å². The summed E-state index contributed by atoms with van der Waals surface area (Å²) in [6.45, 7) is 2.38. The van der Waals surface area contributed by atoms with Crippen LogP contribution in [0.3, 0.4) is 0 Å². The lowest BCUT2D eigenvalue weighted by Crippen LogP contribution is -2.32. The first-order valence-electron chi connectivity index (χ1n) is 10.6. The Morgan fingerprint density at radius 3 is 2.58 bits per heavy atom. The summed E-state index contributed by atoms with van der Waals surface area (Å²) in [7, 11) is 3.04. The number of methoxy groups -OCH3 is 2. The smallest absolute Gasteiger partial charge is 0.290 e. The second kappa shape index (κ2) is 9.19. The molecule has 33 heavy (non-hydrogen) atoms. The van der Waals surface area contributed by atoms with E-state index in [4.69, 9.17) is 25.5 Å². The van der Waals surface area contributed by atoms with Crippen molar-refractivity contribution in [1.29, 1.82) is 0 Å². The molecule has 1 amide bonds. The van der Waals surface area contributed by atoms with Crippen LogP contribution in [0.1, 0.15) is 41.9 Å². The summed E-state index contributed by atoms with van der Waals surface area (Å²) in [5, 5.41) is 11.9. The molecule has 0 radical (unpaired) electrons. The minimum Gasteiger partial charge on any atom is -0.503 e. The Morgan fingerprint density at radius 2 is 1.88 bits per heavy atom. The lowest BCUT2D eigenvalue weighted by atomic mass is 9.94. The molecule has 1 aromatic heterocycles. The number of benzene rings is 2. The fraction of sp³-hybridized carbons (Fsp3) is 0.280. The van der Waals surface area contributed by atoms with Gasteiger partial charge in [-0.15, -0.1) is 0 Å². The second-order valence-electron chi connectivity index (χ2n) is 7.75. The third-order valence-corrected chi connectivity index (χ3v) is 5.96. The van der Waals surface area contributed by atoms with E-state index in [0.29, 0.717) is 46.0 Å². The highest BCUT2D eigenvalue weighted by Crippen LogP contribution is 2.42. The number of Topliss-reactive ketones (excluding diaryl/α,β-unsaturated/α-hetero) is 1. The number of amides is 1. The number of furan rings is 1. The molecule has 0 aliphatic carbocycles. The molecule has 172 valence electrons. The number of ketones is 1. The molecule has 1 N–H and O–H groups in total. The normalized spacial score (nSPS) is 16.1. The lowest BCUT2D eigenvalue weighted by Gasteiger charge is -2.27. The maximum absolute atomic E-state index is 13.6. The molecule has 1 atom stereocenters. The van der Waals surface area contributed by atoms with E-state index >= 15 is 0 Å². The maximum atomic E-state index is 13.6. The Bertz CT molecular complexity index is 1260. The van der Waals surface area contributed by atoms with E-state index in [-0.39, 0.29) is 11.3 Å². The zero-order chi connectivity index (χ0) is 23.7. The van der Waals surface area contributed by atoms with Crippen molar-refractivity contribution in [3.8, 4) is 11.5 Å². The molecule has 1 aliphatic rings. The van der Waals surface area contributed by atoms with Crippen molar-refractivity contribution < 1.29 is 28.6 Å². The number of carbonyl (C=O) groups is 2. The number of aliphatic hydroxyl groups is 1. The third kappa shape index (κ3) is 4.04. The van der Waals surface area contributed by atoms with Gasteiger partial charge in [-0.2, -0.15) is 0 Å². The summed E-state index contributed by atoms with van der Waals surface area (Å²) >= 11 is 6.05. The summed E-state index contributed by atoms with van der Waals surface area (Å²) in [5.74, 6) is -0.744. The minimum atomic E-state index is -0.798. The topological polar surface area (TPSA) is 89.2 Å². The van der Waals surface area contributed by atoms with E-state index in [9.17, 15) is 14.7 Å². The van der Waals surface area contributed by atoms with Gasteiger partial charge in [-0.25, -0.2) is 0 Å². The molecule has 0 saturated heterocycles. The fourth-order valence-electron chi connectivity index (χ4n) is 4.07. The highest BCUT2D eigenvalue weighted by Gasteiger charge is 2.44. The van der Waals surface area contributed by atoms with Gasteiger partial charge >= 0.3 is 0 Å². The highest BCUT2D eigenvalue weighted by molar-refractivity contribution is 6.31. The largest absolute Gasteiger partial charge is 0.503 e. The summed E-state index contributed by atoms with van der Waals surface area (Å²) in [5.41, 5.74) is 1.06. The number of carbonyl (C=O) groups excluding carboxylic acids is 2. The number of hydrogen-bond acceptors (Lipinski definition) is 6. The Kier molecular flexibility index (Phi) is 6.33. The monoisotopic (exact) mass is 469 g/mol. The first kappa shape index (κ1) is 22.7. The van der Waals surface area contributed by atoms with E-state index in [1.54, 1.807) is 42.5 Å². The van der Waals surface area contributed by atoms with Crippen molar-refractivity contribution in [3.05, 3.63) is 70.1 Å². The van der Waals surface area contributed by atoms with Crippen LogP contribution in [0, 0.1) is 0 Å². The number of ether oxygens (including phenoxy) is 2. The van der Waals surface area contributed by atoms with Gasteiger partial charge in [-0.05, 0) is 48.4 Å². The number of halogens is 1. The average Bonchev–Trinajstić information content (AvgIpc) is 3.35. The van der Waals surface area contributed by atoms with Crippen LogP contribution >= 0.6 is 11.6 Å². The number of hydrogen-bond donors (Lipinski definition) is 1. The fourth-order valence-corrected chi connectivity index (χ4v) is 4.25. The highest BCUT2D eigenvalue weighted by atomic mass is 35.5. The van der Waals surface area contributed by atoms with Gasteiger partial charge in [-0.3, -0.25) is 9.59 Å². The van der Waals surface area contributed by atoms with Crippen LogP contribution in [0.2, 0.25) is 5.02 Å². The molecule has 4 rings (SSSR count). The molecule has 2 aromatic carbocycles. The predicted molar refractivity (Wildman–Crippen MR) is 124 cm³/mol. The average molecular weight is 470 g/mol. The van der Waals surface area contributed by atoms with Crippen LogP contribution in [0.15, 0.2) is 58.2 Å². The van der Waals surface area contributed by atoms with Crippen LogP contribution in [0.25, 0.3) is 11.0 Å². The van der Waals surface area contributed by atoms with E-state index in [2.05, 4.69) is 0 Å². The molecule has 0 fully saturated rings. The summed E-state index contributed by atoms with van der Waals surface area (Å²) in [4.78, 5) is 28.1. The SMILES string of the molecule is CCCCN1C(=O)C(O)=C(C(=O)c2cc3cc(Cl)ccc3o2)C1c1ccc(OC)c(OC)c1. The van der Waals surface area contributed by atoms with Gasteiger partial charge in [0.2, 0.25) is 5.78 Å². The van der Waals surface area contributed by atoms with E-state index in [0.717, 1.165) is 6.42 Å². The minimum absolute atomic E-state index is 0.0180. The number of fused-ring (bicyclic) bond motifs is 1. The van der Waals surface area contributed by atoms with Crippen molar-refractivity contribution >= 4 is 34.3 Å². The van der Waals surface area contributed by atoms with Crippen LogP contribution in [0.5, 0.6) is 11.5 Å². The second-order valence-corrected chi connectivity index (χ2v) is 8.19. The quantitative estimate of drug-likeness (QED) is 0.439. The summed E-state index contributed by atoms with van der Waals surface area (Å²) in [6.07, 6.45) is 1.56. The standard InChI is InChI=1S/C25H24ClNO6/c1-4-5-10-27-22(14-6-8-18(31-2)19(12-14)32-3)21(24(29)25(27)30)23(28)20-13-15-11-16(26)7-9-17(15)33-20/h6-9,11-13,22,29H,4-5,10H2,1-3H3. The van der Waals surface area contributed by atoms with Crippen molar-refractivity contribution in [1.82, 2.24) is 4.90 Å². The zero-order valence-electron chi connectivity index (χ0n) is 18.6. The van der Waals surface area contributed by atoms with Crippen molar-refractivity contribution in [2.45, 2.75) is 25.8 Å². The Labute approximate surface area is 196 Å². The van der Waals surface area contributed by atoms with Gasteiger partial charge in [0.25, 0.3) is 5.91 Å². The molecular weight excluding hydrogens is 446 g/mol. The first-order chi connectivity index (χ1) is 15.9. The maximum Gasteiger partial charge on any atom is 0.290 e. The van der Waals surface area contributed by atoms with Crippen LogP contribution in [0.4, 0.5) is 0 Å². The van der Waals surface area contributed by atoms with Crippen LogP contribution in [-0.2, 0) is 4.79 Å². The van der Waals surface area contributed by atoms with Crippen molar-refractivity contribution in [3.63, 3.8) is 0 Å². The first-order valence-corrected chi connectivity index (χ1v) is 11.0. The number of aliphatic hydroxyl groups excluding tert-OH is 1. The van der Waals surface area contributed by atoms with Gasteiger partial charge in [-0.1, -0.05) is 31.0 Å². The van der Waals surface area contributed by atoms with Gasteiger partial charge in [0.1, 0.15) is 5.58 Å². The number of nitrogens with zero attached hydrogens (tertiary/aromatic N) is 1. The lowest BCUT2D eigenvalue weighted by molar-refractivity contribution is -0.129. The molecule has 7 nitrogen and oxygen atoms in total. The Hall–Kier alpha value is -3.45. The summed E-state index contributed by atoms with van der Waals surface area (Å²) < 4.78 is 16.5. The molecule has 0 bridgehead atoms. The molecule has 8 heteroatoms. The van der Waals surface area contributed by atoms with Crippen molar-refractivity contribution in [2.24, 2.45) is 0 Å². The molecule has 1 unspecified atom stereocenters. The Balaban J connectivity index is 1.82. The molecule has 1 aliphatic heterocycles. The number of rotatable bonds is 8. The molecule has 2 heterocycles. The van der Waals surface area contributed by atoms with E-state index < -0.39 is 23.5 Å². The zero-order valence-corrected chi connectivity index (χ0v) is 19.3.